The van der Waals surface area contributed by atoms with E-state index in [9.17, 15) is 14.4 Å². The zero-order valence-electron chi connectivity index (χ0n) is 14.3. The van der Waals surface area contributed by atoms with Gasteiger partial charge >= 0.3 is 18.0 Å². The van der Waals surface area contributed by atoms with Gasteiger partial charge in [-0.05, 0) is 23.3 Å². The molecular weight excluding hydrogens is 336 g/mol. The monoisotopic (exact) mass is 354 g/mol. The molecule has 0 saturated heterocycles. The van der Waals surface area contributed by atoms with Crippen LogP contribution in [0.15, 0.2) is 54.6 Å². The highest BCUT2D eigenvalue weighted by molar-refractivity contribution is 5.98. The Hall–Kier alpha value is -3.35. The molecule has 0 bridgehead atoms. The molecule has 0 spiro atoms. The summed E-state index contributed by atoms with van der Waals surface area (Å²) in [7, 11) is 2.48. The number of hydrogen-bond acceptors (Lipinski definition) is 5. The van der Waals surface area contributed by atoms with Gasteiger partial charge in [0, 0.05) is 5.69 Å². The molecule has 0 aromatic heterocycles. The fourth-order valence-electron chi connectivity index (χ4n) is 3.11. The normalized spacial score (nSPS) is 18.0. The number of nitrogens with zero attached hydrogens (tertiary/aromatic N) is 1. The molecule has 2 amide bonds. The van der Waals surface area contributed by atoms with Gasteiger partial charge in [-0.15, -0.1) is 0 Å². The van der Waals surface area contributed by atoms with Crippen LogP contribution in [0.4, 0.5) is 10.5 Å². The summed E-state index contributed by atoms with van der Waals surface area (Å²) in [5, 5.41) is 2.71. The van der Waals surface area contributed by atoms with Crippen molar-refractivity contribution in [2.24, 2.45) is 0 Å². The van der Waals surface area contributed by atoms with Crippen LogP contribution >= 0.6 is 0 Å². The second-order valence-corrected chi connectivity index (χ2v) is 5.68. The highest BCUT2D eigenvalue weighted by Gasteiger charge is 2.49. The van der Waals surface area contributed by atoms with Gasteiger partial charge in [0.05, 0.1) is 14.2 Å². The third-order valence-corrected chi connectivity index (χ3v) is 4.25. The lowest BCUT2D eigenvalue weighted by Crippen LogP contribution is -2.42. The van der Waals surface area contributed by atoms with E-state index in [1.54, 1.807) is 48.5 Å². The smallest absolute Gasteiger partial charge is 0.333 e. The molecular formula is C19H18N2O5. The average Bonchev–Trinajstić information content (AvgIpc) is 3.03. The van der Waals surface area contributed by atoms with E-state index in [1.807, 2.05) is 6.07 Å². The van der Waals surface area contributed by atoms with Crippen molar-refractivity contribution in [2.75, 3.05) is 19.5 Å². The molecule has 0 radical (unpaired) electrons. The van der Waals surface area contributed by atoms with Gasteiger partial charge in [0.1, 0.15) is 0 Å². The van der Waals surface area contributed by atoms with Gasteiger partial charge in [-0.3, -0.25) is 4.90 Å². The van der Waals surface area contributed by atoms with Crippen molar-refractivity contribution in [1.82, 2.24) is 4.90 Å². The number of carbonyl (C=O) groups is 3. The highest BCUT2D eigenvalue weighted by atomic mass is 16.5. The molecule has 2 atom stereocenters. The predicted octanol–water partition coefficient (Wildman–Crippen LogP) is 2.66. The minimum absolute atomic E-state index is 0.540. The molecule has 3 rings (SSSR count). The lowest BCUT2D eigenvalue weighted by Gasteiger charge is -2.28. The Bertz CT molecular complexity index is 794. The zero-order chi connectivity index (χ0) is 18.7. The Balaban J connectivity index is 2.04. The van der Waals surface area contributed by atoms with E-state index in [2.05, 4.69) is 5.32 Å². The number of esters is 2. The molecule has 2 aromatic rings. The van der Waals surface area contributed by atoms with Crippen LogP contribution in [0.2, 0.25) is 0 Å². The summed E-state index contributed by atoms with van der Waals surface area (Å²) in [4.78, 5) is 38.9. The second kappa shape index (κ2) is 7.26. The van der Waals surface area contributed by atoms with Crippen molar-refractivity contribution in [3.63, 3.8) is 0 Å². The van der Waals surface area contributed by atoms with Crippen molar-refractivity contribution in [3.05, 3.63) is 65.7 Å². The third kappa shape index (κ3) is 2.99. The lowest BCUT2D eigenvalue weighted by molar-refractivity contribution is -0.150. The van der Waals surface area contributed by atoms with Gasteiger partial charge in [-0.25, -0.2) is 14.4 Å². The molecule has 1 N–H and O–H groups in total. The van der Waals surface area contributed by atoms with E-state index in [-0.39, 0.29) is 0 Å². The average molecular weight is 354 g/mol. The van der Waals surface area contributed by atoms with Crippen LogP contribution < -0.4 is 5.32 Å². The van der Waals surface area contributed by atoms with Gasteiger partial charge in [0.25, 0.3) is 0 Å². The molecule has 0 fully saturated rings. The van der Waals surface area contributed by atoms with E-state index < -0.39 is 30.1 Å². The van der Waals surface area contributed by atoms with Gasteiger partial charge in [-0.1, -0.05) is 42.5 Å². The molecule has 2 aromatic carbocycles. The van der Waals surface area contributed by atoms with E-state index in [0.29, 0.717) is 16.8 Å². The molecule has 0 saturated carbocycles. The Kier molecular flexibility index (Phi) is 4.88. The van der Waals surface area contributed by atoms with E-state index in [0.717, 1.165) is 4.90 Å². The number of benzene rings is 2. The number of anilines is 1. The topological polar surface area (TPSA) is 84.9 Å². The summed E-state index contributed by atoms with van der Waals surface area (Å²) in [6, 6.07) is 13.0. The van der Waals surface area contributed by atoms with Gasteiger partial charge in [0.15, 0.2) is 12.1 Å². The van der Waals surface area contributed by atoms with Crippen LogP contribution in [0.25, 0.3) is 0 Å². The second-order valence-electron chi connectivity index (χ2n) is 5.68. The Morgan fingerprint density at radius 2 is 1.27 bits per heavy atom. The first-order chi connectivity index (χ1) is 12.6. The molecule has 1 heterocycles. The van der Waals surface area contributed by atoms with E-state index in [1.165, 1.54) is 14.2 Å². The fourth-order valence-corrected chi connectivity index (χ4v) is 3.11. The van der Waals surface area contributed by atoms with Crippen LogP contribution in [0.3, 0.4) is 0 Å². The SMILES string of the molecule is COC(=O)[C@@H]1c2ccccc2[C@@H](C(=O)OC)N1C(=O)Nc1ccccc1. The molecule has 0 aliphatic carbocycles. The van der Waals surface area contributed by atoms with Crippen molar-refractivity contribution < 1.29 is 23.9 Å². The maximum Gasteiger partial charge on any atom is 0.333 e. The van der Waals surface area contributed by atoms with Gasteiger partial charge < -0.3 is 14.8 Å². The number of ether oxygens (including phenoxy) is 2. The number of nitrogens with one attached hydrogen (secondary N) is 1. The van der Waals surface area contributed by atoms with Crippen LogP contribution in [0, 0.1) is 0 Å². The number of rotatable bonds is 3. The highest BCUT2D eigenvalue weighted by Crippen LogP contribution is 2.43. The standard InChI is InChI=1S/C19H18N2O5/c1-25-17(22)15-13-10-6-7-11-14(13)16(18(23)26-2)21(15)19(24)20-12-8-4-3-5-9-12/h3-11,15-16H,1-2H3,(H,20,24)/t15-,16-/m0/s1. The summed E-state index contributed by atoms with van der Waals surface area (Å²) < 4.78 is 9.74. The van der Waals surface area contributed by atoms with Crippen LogP contribution in [0.1, 0.15) is 23.2 Å². The minimum atomic E-state index is -1.04. The molecule has 1 aliphatic rings. The number of fused-ring (bicyclic) bond motifs is 1. The minimum Gasteiger partial charge on any atom is -0.467 e. The number of para-hydroxylation sites is 1. The van der Waals surface area contributed by atoms with Crippen LogP contribution in [-0.2, 0) is 19.1 Å². The van der Waals surface area contributed by atoms with Gasteiger partial charge in [0.2, 0.25) is 0 Å². The third-order valence-electron chi connectivity index (χ3n) is 4.25. The van der Waals surface area contributed by atoms with Crippen molar-refractivity contribution in [1.29, 1.82) is 0 Å². The predicted molar refractivity (Wildman–Crippen MR) is 93.3 cm³/mol. The van der Waals surface area contributed by atoms with Crippen molar-refractivity contribution in [3.8, 4) is 0 Å². The molecule has 7 heteroatoms. The summed E-state index contributed by atoms with van der Waals surface area (Å²) in [6.45, 7) is 0. The molecule has 0 unspecified atom stereocenters. The number of urea groups is 1. The fraction of sp³-hybridized carbons (Fsp3) is 0.211. The summed E-state index contributed by atoms with van der Waals surface area (Å²) >= 11 is 0. The van der Waals surface area contributed by atoms with E-state index >= 15 is 0 Å². The van der Waals surface area contributed by atoms with Gasteiger partial charge in [-0.2, -0.15) is 0 Å². The number of amides is 2. The van der Waals surface area contributed by atoms with Crippen molar-refractivity contribution >= 4 is 23.7 Å². The Morgan fingerprint density at radius 3 is 1.73 bits per heavy atom. The molecule has 1 aliphatic heterocycles. The first-order valence-corrected chi connectivity index (χ1v) is 7.97. The largest absolute Gasteiger partial charge is 0.467 e. The maximum absolute atomic E-state index is 12.9. The first-order valence-electron chi connectivity index (χ1n) is 7.97. The van der Waals surface area contributed by atoms with E-state index in [4.69, 9.17) is 9.47 Å². The molecule has 7 nitrogen and oxygen atoms in total. The quantitative estimate of drug-likeness (QED) is 0.857. The van der Waals surface area contributed by atoms with Crippen LogP contribution in [-0.4, -0.2) is 37.1 Å². The summed E-state index contributed by atoms with van der Waals surface area (Å²) in [5.41, 5.74) is 1.62. The lowest BCUT2D eigenvalue weighted by atomic mass is 10.0. The summed E-state index contributed by atoms with van der Waals surface area (Å²) in [5.74, 6) is -1.26. The first kappa shape index (κ1) is 17.5. The molecule has 26 heavy (non-hydrogen) atoms. The number of carbonyl (C=O) groups excluding carboxylic acids is 3. The zero-order valence-corrected chi connectivity index (χ0v) is 14.3. The number of hydrogen-bond donors (Lipinski definition) is 1. The summed E-state index contributed by atoms with van der Waals surface area (Å²) in [6.07, 6.45) is 0. The Morgan fingerprint density at radius 1 is 0.808 bits per heavy atom. The van der Waals surface area contributed by atoms with Crippen molar-refractivity contribution in [2.45, 2.75) is 12.1 Å². The number of methoxy groups -OCH3 is 2. The maximum atomic E-state index is 12.9. The molecule has 134 valence electrons. The van der Waals surface area contributed by atoms with Crippen LogP contribution in [0.5, 0.6) is 0 Å². The Labute approximate surface area is 150 Å².